The molecule has 2 rings (SSSR count). The van der Waals surface area contributed by atoms with Gasteiger partial charge in [-0.05, 0) is 39.0 Å². The standard InChI is InChI=1S/C20H23BrClNO4/c1-20(2,3)12-6-7-16(13(21)8-12)27-11-19(24)23-15-10-17(25-4)14(22)9-18(15)26-5/h6-10H,11H2,1-5H3,(H,23,24). The molecule has 0 fully saturated rings. The van der Waals surface area contributed by atoms with Crippen LogP contribution in [0.5, 0.6) is 17.2 Å². The van der Waals surface area contributed by atoms with Crippen molar-refractivity contribution in [2.75, 3.05) is 26.1 Å². The van der Waals surface area contributed by atoms with E-state index in [0.717, 1.165) is 4.47 Å². The van der Waals surface area contributed by atoms with Crippen LogP contribution in [-0.2, 0) is 10.2 Å². The predicted molar refractivity (Wildman–Crippen MR) is 112 cm³/mol. The molecule has 1 N–H and O–H groups in total. The summed E-state index contributed by atoms with van der Waals surface area (Å²) in [5, 5.41) is 3.14. The summed E-state index contributed by atoms with van der Waals surface area (Å²) < 4.78 is 16.9. The Labute approximate surface area is 173 Å². The van der Waals surface area contributed by atoms with Crippen LogP contribution >= 0.6 is 27.5 Å². The smallest absolute Gasteiger partial charge is 0.262 e. The number of anilines is 1. The van der Waals surface area contributed by atoms with Crippen LogP contribution in [0.4, 0.5) is 5.69 Å². The van der Waals surface area contributed by atoms with Gasteiger partial charge in [0.2, 0.25) is 0 Å². The maximum absolute atomic E-state index is 12.3. The van der Waals surface area contributed by atoms with E-state index in [1.54, 1.807) is 12.1 Å². The fourth-order valence-corrected chi connectivity index (χ4v) is 3.10. The van der Waals surface area contributed by atoms with Gasteiger partial charge >= 0.3 is 0 Å². The molecule has 0 bridgehead atoms. The Hall–Kier alpha value is -1.92. The third kappa shape index (κ3) is 5.53. The van der Waals surface area contributed by atoms with Gasteiger partial charge in [0.05, 0.1) is 29.4 Å². The average Bonchev–Trinajstić information content (AvgIpc) is 2.60. The van der Waals surface area contributed by atoms with Gasteiger partial charge in [0, 0.05) is 12.1 Å². The molecule has 0 atom stereocenters. The molecule has 0 aliphatic carbocycles. The Morgan fingerprint density at radius 2 is 1.74 bits per heavy atom. The zero-order valence-electron chi connectivity index (χ0n) is 16.0. The molecule has 0 aromatic heterocycles. The number of carbonyl (C=O) groups is 1. The van der Waals surface area contributed by atoms with E-state index in [1.807, 2.05) is 18.2 Å². The Morgan fingerprint density at radius 1 is 1.07 bits per heavy atom. The lowest BCUT2D eigenvalue weighted by atomic mass is 9.87. The predicted octanol–water partition coefficient (Wildman–Crippen LogP) is 5.43. The number of methoxy groups -OCH3 is 2. The number of amides is 1. The lowest BCUT2D eigenvalue weighted by Gasteiger charge is -2.20. The van der Waals surface area contributed by atoms with Crippen molar-refractivity contribution in [1.82, 2.24) is 0 Å². The summed E-state index contributed by atoms with van der Waals surface area (Å²) in [6.45, 7) is 6.26. The molecule has 146 valence electrons. The highest BCUT2D eigenvalue weighted by atomic mass is 79.9. The first-order chi connectivity index (χ1) is 12.7. The summed E-state index contributed by atoms with van der Waals surface area (Å²) in [5.74, 6) is 1.14. The first-order valence-electron chi connectivity index (χ1n) is 8.30. The molecule has 0 spiro atoms. The Bertz CT molecular complexity index is 833. The highest BCUT2D eigenvalue weighted by molar-refractivity contribution is 9.10. The Kier molecular flexibility index (Phi) is 7.00. The molecule has 0 saturated carbocycles. The van der Waals surface area contributed by atoms with Crippen molar-refractivity contribution < 1.29 is 19.0 Å². The summed E-state index contributed by atoms with van der Waals surface area (Å²) >= 11 is 9.57. The fourth-order valence-electron chi connectivity index (χ4n) is 2.37. The van der Waals surface area contributed by atoms with Crippen molar-refractivity contribution in [1.29, 1.82) is 0 Å². The van der Waals surface area contributed by atoms with Gasteiger partial charge in [0.1, 0.15) is 17.2 Å². The summed E-state index contributed by atoms with van der Waals surface area (Å²) in [6, 6.07) is 9.03. The van der Waals surface area contributed by atoms with Gasteiger partial charge in [0.25, 0.3) is 5.91 Å². The molecule has 27 heavy (non-hydrogen) atoms. The number of halogens is 2. The topological polar surface area (TPSA) is 56.8 Å². The van der Waals surface area contributed by atoms with E-state index < -0.39 is 0 Å². The molecule has 0 aliphatic heterocycles. The minimum absolute atomic E-state index is 0.0304. The maximum atomic E-state index is 12.3. The van der Waals surface area contributed by atoms with Crippen molar-refractivity contribution in [3.05, 3.63) is 45.4 Å². The first kappa shape index (κ1) is 21.4. The second kappa shape index (κ2) is 8.85. The number of hydrogen-bond acceptors (Lipinski definition) is 4. The zero-order chi connectivity index (χ0) is 20.2. The van der Waals surface area contributed by atoms with Gasteiger partial charge < -0.3 is 19.5 Å². The molecular weight excluding hydrogens is 434 g/mol. The minimum Gasteiger partial charge on any atom is -0.495 e. The van der Waals surface area contributed by atoms with Gasteiger partial charge in [-0.3, -0.25) is 4.79 Å². The molecule has 1 amide bonds. The summed E-state index contributed by atoms with van der Waals surface area (Å²) in [5.41, 5.74) is 1.65. The van der Waals surface area contributed by atoms with Crippen LogP contribution in [0.1, 0.15) is 26.3 Å². The molecule has 0 heterocycles. The van der Waals surface area contributed by atoms with Crippen LogP contribution < -0.4 is 19.5 Å². The van der Waals surface area contributed by atoms with Crippen LogP contribution in [0.15, 0.2) is 34.8 Å². The molecule has 2 aromatic carbocycles. The molecule has 7 heteroatoms. The number of benzene rings is 2. The highest BCUT2D eigenvalue weighted by Gasteiger charge is 2.16. The Balaban J connectivity index is 2.07. The highest BCUT2D eigenvalue weighted by Crippen LogP contribution is 2.36. The van der Waals surface area contributed by atoms with Gasteiger partial charge in [-0.1, -0.05) is 38.4 Å². The molecule has 5 nitrogen and oxygen atoms in total. The summed E-state index contributed by atoms with van der Waals surface area (Å²) in [7, 11) is 3.00. The van der Waals surface area contributed by atoms with Crippen molar-refractivity contribution in [3.63, 3.8) is 0 Å². The van der Waals surface area contributed by atoms with Crippen LogP contribution in [0.2, 0.25) is 5.02 Å². The lowest BCUT2D eigenvalue weighted by Crippen LogP contribution is -2.21. The van der Waals surface area contributed by atoms with Crippen LogP contribution in [0, 0.1) is 0 Å². The van der Waals surface area contributed by atoms with Crippen molar-refractivity contribution >= 4 is 39.1 Å². The average molecular weight is 457 g/mol. The summed E-state index contributed by atoms with van der Waals surface area (Å²) in [4.78, 5) is 12.3. The second-order valence-electron chi connectivity index (χ2n) is 6.92. The molecule has 0 aliphatic rings. The monoisotopic (exact) mass is 455 g/mol. The number of carbonyl (C=O) groups excluding carboxylic acids is 1. The van der Waals surface area contributed by atoms with Gasteiger partial charge in [-0.15, -0.1) is 0 Å². The normalized spacial score (nSPS) is 11.1. The minimum atomic E-state index is -0.329. The Morgan fingerprint density at radius 3 is 2.30 bits per heavy atom. The number of nitrogens with one attached hydrogen (secondary N) is 1. The van der Waals surface area contributed by atoms with Crippen LogP contribution in [0.3, 0.4) is 0 Å². The van der Waals surface area contributed by atoms with E-state index in [-0.39, 0.29) is 17.9 Å². The van der Waals surface area contributed by atoms with E-state index in [4.69, 9.17) is 25.8 Å². The third-order valence-corrected chi connectivity index (χ3v) is 4.82. The molecular formula is C20H23BrClNO4. The molecule has 0 saturated heterocycles. The second-order valence-corrected chi connectivity index (χ2v) is 8.18. The number of hydrogen-bond donors (Lipinski definition) is 1. The quantitative estimate of drug-likeness (QED) is 0.629. The van der Waals surface area contributed by atoms with Crippen molar-refractivity contribution in [3.8, 4) is 17.2 Å². The van der Waals surface area contributed by atoms with Crippen molar-refractivity contribution in [2.45, 2.75) is 26.2 Å². The van der Waals surface area contributed by atoms with E-state index in [2.05, 4.69) is 42.0 Å². The van der Waals surface area contributed by atoms with E-state index in [1.165, 1.54) is 19.8 Å². The van der Waals surface area contributed by atoms with E-state index >= 15 is 0 Å². The van der Waals surface area contributed by atoms with E-state index in [9.17, 15) is 4.79 Å². The largest absolute Gasteiger partial charge is 0.495 e. The zero-order valence-corrected chi connectivity index (χ0v) is 18.3. The van der Waals surface area contributed by atoms with Gasteiger partial charge in [-0.25, -0.2) is 0 Å². The molecule has 0 radical (unpaired) electrons. The summed E-state index contributed by atoms with van der Waals surface area (Å²) in [6.07, 6.45) is 0. The van der Waals surface area contributed by atoms with Crippen LogP contribution in [0.25, 0.3) is 0 Å². The first-order valence-corrected chi connectivity index (χ1v) is 9.47. The maximum Gasteiger partial charge on any atom is 0.262 e. The van der Waals surface area contributed by atoms with E-state index in [0.29, 0.717) is 28.0 Å². The van der Waals surface area contributed by atoms with Crippen molar-refractivity contribution in [2.24, 2.45) is 0 Å². The number of rotatable bonds is 6. The SMILES string of the molecule is COc1cc(NC(=O)COc2ccc(C(C)(C)C)cc2Br)c(OC)cc1Cl. The molecule has 2 aromatic rings. The lowest BCUT2D eigenvalue weighted by molar-refractivity contribution is -0.118. The number of ether oxygens (including phenoxy) is 3. The van der Waals surface area contributed by atoms with Gasteiger partial charge in [0.15, 0.2) is 6.61 Å². The van der Waals surface area contributed by atoms with Gasteiger partial charge in [-0.2, -0.15) is 0 Å². The third-order valence-electron chi connectivity index (χ3n) is 3.90. The van der Waals surface area contributed by atoms with Crippen LogP contribution in [-0.4, -0.2) is 26.7 Å². The fraction of sp³-hybridized carbons (Fsp3) is 0.350. The molecule has 0 unspecified atom stereocenters.